The Morgan fingerprint density at radius 1 is 0.882 bits per heavy atom. The number of esters is 1. The van der Waals surface area contributed by atoms with Gasteiger partial charge in [0.25, 0.3) is 23.6 Å². The number of imide groups is 1. The summed E-state index contributed by atoms with van der Waals surface area (Å²) in [5.41, 5.74) is 0.999. The number of hydrogen-bond acceptors (Lipinski definition) is 7. The molecule has 0 saturated carbocycles. The highest BCUT2D eigenvalue weighted by Crippen LogP contribution is 2.24. The molecule has 2 aromatic rings. The van der Waals surface area contributed by atoms with Gasteiger partial charge in [-0.25, -0.2) is 0 Å². The Morgan fingerprint density at radius 3 is 2.18 bits per heavy atom. The van der Waals surface area contributed by atoms with Crippen LogP contribution in [0.1, 0.15) is 54.8 Å². The molecule has 4 amide bonds. The molecule has 10 nitrogen and oxygen atoms in total. The van der Waals surface area contributed by atoms with E-state index >= 15 is 0 Å². The Bertz CT molecular complexity index is 1130. The molecule has 3 rings (SSSR count). The second-order valence-electron chi connectivity index (χ2n) is 7.50. The number of nitrogens with zero attached hydrogens (tertiary/aromatic N) is 1. The molecule has 0 bridgehead atoms. The van der Waals surface area contributed by atoms with Crippen LogP contribution in [0.4, 0.5) is 0 Å². The van der Waals surface area contributed by atoms with Gasteiger partial charge < -0.3 is 20.1 Å². The first-order chi connectivity index (χ1) is 16.3. The molecule has 0 atom stereocenters. The van der Waals surface area contributed by atoms with Crippen molar-refractivity contribution < 1.29 is 33.4 Å². The van der Waals surface area contributed by atoms with Crippen LogP contribution in [0.3, 0.4) is 0 Å². The van der Waals surface area contributed by atoms with Crippen molar-refractivity contribution in [1.82, 2.24) is 15.5 Å². The van der Waals surface area contributed by atoms with Crippen LogP contribution >= 0.6 is 0 Å². The first-order valence-corrected chi connectivity index (χ1v) is 10.7. The molecule has 178 valence electrons. The zero-order valence-corrected chi connectivity index (χ0v) is 18.9. The van der Waals surface area contributed by atoms with E-state index in [2.05, 4.69) is 10.6 Å². The number of ether oxygens (including phenoxy) is 2. The minimum Gasteiger partial charge on any atom is -0.427 e. The fourth-order valence-corrected chi connectivity index (χ4v) is 3.43. The molecule has 1 aliphatic heterocycles. The van der Waals surface area contributed by atoms with E-state index in [0.717, 1.165) is 4.90 Å². The van der Waals surface area contributed by atoms with E-state index in [4.69, 9.17) is 9.47 Å². The summed E-state index contributed by atoms with van der Waals surface area (Å²) in [7, 11) is 1.54. The average Bonchev–Trinajstić information content (AvgIpc) is 3.05. The van der Waals surface area contributed by atoms with Gasteiger partial charge in [-0.05, 0) is 42.8 Å². The SMILES string of the molecule is COCCCN1C(=O)c2ccc(C(=O)NCCNC(=O)c3cccc(OC(C)=O)c3)cc2C1=O. The lowest BCUT2D eigenvalue weighted by Crippen LogP contribution is -2.34. The van der Waals surface area contributed by atoms with Gasteiger partial charge in [-0.2, -0.15) is 0 Å². The molecule has 2 N–H and O–H groups in total. The molecular weight excluding hydrogens is 442 g/mol. The van der Waals surface area contributed by atoms with Crippen molar-refractivity contribution in [2.75, 3.05) is 33.4 Å². The highest BCUT2D eigenvalue weighted by atomic mass is 16.5. The molecule has 0 fully saturated rings. The largest absolute Gasteiger partial charge is 0.427 e. The van der Waals surface area contributed by atoms with Crippen LogP contribution in [0.15, 0.2) is 42.5 Å². The van der Waals surface area contributed by atoms with Crippen LogP contribution in [-0.2, 0) is 9.53 Å². The summed E-state index contributed by atoms with van der Waals surface area (Å²) in [4.78, 5) is 62.0. The van der Waals surface area contributed by atoms with Crippen LogP contribution in [0, 0.1) is 0 Å². The van der Waals surface area contributed by atoms with Gasteiger partial charge in [-0.1, -0.05) is 6.07 Å². The minimum atomic E-state index is -0.489. The van der Waals surface area contributed by atoms with Crippen molar-refractivity contribution in [3.05, 3.63) is 64.7 Å². The third kappa shape index (κ3) is 5.84. The maximum absolute atomic E-state index is 12.6. The molecule has 0 aromatic heterocycles. The van der Waals surface area contributed by atoms with Crippen LogP contribution in [0.5, 0.6) is 5.75 Å². The van der Waals surface area contributed by atoms with Crippen LogP contribution in [0.25, 0.3) is 0 Å². The van der Waals surface area contributed by atoms with Crippen LogP contribution < -0.4 is 15.4 Å². The zero-order valence-electron chi connectivity index (χ0n) is 18.9. The number of hydrogen-bond donors (Lipinski definition) is 2. The molecule has 0 aliphatic carbocycles. The van der Waals surface area contributed by atoms with Crippen molar-refractivity contribution in [3.63, 3.8) is 0 Å². The molecule has 1 heterocycles. The van der Waals surface area contributed by atoms with Crippen molar-refractivity contribution in [3.8, 4) is 5.75 Å². The highest BCUT2D eigenvalue weighted by Gasteiger charge is 2.35. The van der Waals surface area contributed by atoms with Gasteiger partial charge in [0.2, 0.25) is 0 Å². The van der Waals surface area contributed by atoms with Crippen LogP contribution in [-0.4, -0.2) is 67.8 Å². The Kier molecular flexibility index (Phi) is 8.10. The quantitative estimate of drug-likeness (QED) is 0.234. The maximum Gasteiger partial charge on any atom is 0.308 e. The minimum absolute atomic E-state index is 0.140. The smallest absolute Gasteiger partial charge is 0.308 e. The predicted octanol–water partition coefficient (Wildman–Crippen LogP) is 1.40. The van der Waals surface area contributed by atoms with E-state index in [9.17, 15) is 24.0 Å². The maximum atomic E-state index is 12.6. The van der Waals surface area contributed by atoms with Crippen molar-refractivity contribution in [2.24, 2.45) is 0 Å². The van der Waals surface area contributed by atoms with Gasteiger partial charge in [0.15, 0.2) is 0 Å². The third-order valence-electron chi connectivity index (χ3n) is 5.02. The van der Waals surface area contributed by atoms with Gasteiger partial charge in [-0.3, -0.25) is 28.9 Å². The number of carbonyl (C=O) groups is 5. The Balaban J connectivity index is 1.52. The normalized spacial score (nSPS) is 12.4. The molecule has 1 aliphatic rings. The summed E-state index contributed by atoms with van der Waals surface area (Å²) >= 11 is 0. The number of benzene rings is 2. The summed E-state index contributed by atoms with van der Waals surface area (Å²) in [5, 5.41) is 5.33. The average molecular weight is 467 g/mol. The monoisotopic (exact) mass is 467 g/mol. The fraction of sp³-hybridized carbons (Fsp3) is 0.292. The standard InChI is InChI=1S/C24H25N3O7/c1-15(28)34-18-6-3-5-16(13-18)21(29)25-9-10-26-22(30)17-7-8-19-20(14-17)24(32)27(23(19)31)11-4-12-33-2/h3,5-8,13-14H,4,9-12H2,1-2H3,(H,25,29)(H,26,30). The zero-order chi connectivity index (χ0) is 24.7. The van der Waals surface area contributed by atoms with Gasteiger partial charge in [0.1, 0.15) is 5.75 Å². The van der Waals surface area contributed by atoms with E-state index in [-0.39, 0.29) is 48.0 Å². The third-order valence-corrected chi connectivity index (χ3v) is 5.02. The number of rotatable bonds is 10. The number of fused-ring (bicyclic) bond motifs is 1. The lowest BCUT2D eigenvalue weighted by atomic mass is 10.1. The summed E-state index contributed by atoms with van der Waals surface area (Å²) in [6.07, 6.45) is 0.523. The summed E-state index contributed by atoms with van der Waals surface area (Å²) < 4.78 is 9.92. The van der Waals surface area contributed by atoms with Gasteiger partial charge in [0, 0.05) is 51.4 Å². The van der Waals surface area contributed by atoms with E-state index < -0.39 is 23.7 Å². The topological polar surface area (TPSA) is 131 Å². The molecule has 0 saturated heterocycles. The van der Waals surface area contributed by atoms with E-state index in [1.807, 2.05) is 0 Å². The Morgan fingerprint density at radius 2 is 1.53 bits per heavy atom. The van der Waals surface area contributed by atoms with Crippen LogP contribution in [0.2, 0.25) is 0 Å². The lowest BCUT2D eigenvalue weighted by Gasteiger charge is -2.12. The summed E-state index contributed by atoms with van der Waals surface area (Å²) in [6, 6.07) is 10.5. The molecule has 0 radical (unpaired) electrons. The molecule has 10 heteroatoms. The fourth-order valence-electron chi connectivity index (χ4n) is 3.43. The molecular formula is C24H25N3O7. The Labute approximate surface area is 196 Å². The molecule has 0 unspecified atom stereocenters. The highest BCUT2D eigenvalue weighted by molar-refractivity contribution is 6.22. The number of nitrogens with one attached hydrogen (secondary N) is 2. The number of methoxy groups -OCH3 is 1. The van der Waals surface area contributed by atoms with Gasteiger partial charge >= 0.3 is 5.97 Å². The second kappa shape index (κ2) is 11.2. The number of carbonyl (C=O) groups excluding carboxylic acids is 5. The van der Waals surface area contributed by atoms with Crippen molar-refractivity contribution in [1.29, 1.82) is 0 Å². The predicted molar refractivity (Wildman–Crippen MR) is 121 cm³/mol. The van der Waals surface area contributed by atoms with Crippen molar-refractivity contribution >= 4 is 29.6 Å². The summed E-state index contributed by atoms with van der Waals surface area (Å²) in [5.74, 6) is -1.88. The lowest BCUT2D eigenvalue weighted by molar-refractivity contribution is -0.131. The van der Waals surface area contributed by atoms with E-state index in [1.165, 1.54) is 31.2 Å². The van der Waals surface area contributed by atoms with E-state index in [1.54, 1.807) is 25.3 Å². The number of amides is 4. The van der Waals surface area contributed by atoms with Gasteiger partial charge in [0.05, 0.1) is 11.1 Å². The molecule has 34 heavy (non-hydrogen) atoms. The Hall–Kier alpha value is -4.05. The first kappa shape index (κ1) is 24.6. The van der Waals surface area contributed by atoms with E-state index in [0.29, 0.717) is 18.6 Å². The van der Waals surface area contributed by atoms with Crippen molar-refractivity contribution in [2.45, 2.75) is 13.3 Å². The summed E-state index contributed by atoms with van der Waals surface area (Å²) in [6.45, 7) is 2.23. The molecule has 0 spiro atoms. The first-order valence-electron chi connectivity index (χ1n) is 10.7. The second-order valence-corrected chi connectivity index (χ2v) is 7.50. The molecule has 2 aromatic carbocycles. The van der Waals surface area contributed by atoms with Gasteiger partial charge in [-0.15, -0.1) is 0 Å².